The lowest BCUT2D eigenvalue weighted by atomic mass is 10.1. The number of benzene rings is 2. The number of nitrogens with zero attached hydrogens (tertiary/aromatic N) is 4. The number of carboxylic acid groups (broad SMARTS) is 1. The molecular weight excluding hydrogens is 444 g/mol. The Hall–Kier alpha value is -3.52. The number of carboxylic acids is 1. The van der Waals surface area contributed by atoms with Crippen LogP contribution < -0.4 is 4.74 Å². The molecule has 1 aliphatic rings. The zero-order valence-electron chi connectivity index (χ0n) is 18.2. The molecule has 2 aromatic carbocycles. The first kappa shape index (κ1) is 24.1. The van der Waals surface area contributed by atoms with E-state index in [0.717, 1.165) is 42.7 Å². The van der Waals surface area contributed by atoms with E-state index in [1.807, 2.05) is 58.5 Å². The van der Waals surface area contributed by atoms with Gasteiger partial charge in [-0.1, -0.05) is 24.3 Å². The van der Waals surface area contributed by atoms with Crippen molar-refractivity contribution in [2.75, 3.05) is 19.7 Å². The molecule has 33 heavy (non-hydrogen) atoms. The summed E-state index contributed by atoms with van der Waals surface area (Å²) in [6.07, 6.45) is 5.67. The first-order valence-corrected chi connectivity index (χ1v) is 10.6. The third kappa shape index (κ3) is 6.49. The van der Waals surface area contributed by atoms with Crippen LogP contribution in [0.1, 0.15) is 24.0 Å². The minimum absolute atomic E-state index is 0. The summed E-state index contributed by atoms with van der Waals surface area (Å²) in [5.74, 6) is -0.554. The fourth-order valence-corrected chi connectivity index (χ4v) is 3.79. The second-order valence-electron chi connectivity index (χ2n) is 7.78. The Labute approximate surface area is 198 Å². The smallest absolute Gasteiger partial charge is 0.341 e. The maximum Gasteiger partial charge on any atom is 0.341 e. The van der Waals surface area contributed by atoms with Gasteiger partial charge in [-0.05, 0) is 54.3 Å². The minimum Gasteiger partial charge on any atom is -0.482 e. The van der Waals surface area contributed by atoms with Crippen LogP contribution in [-0.2, 0) is 17.9 Å². The summed E-state index contributed by atoms with van der Waals surface area (Å²) in [4.78, 5) is 27.7. The number of urea groups is 1. The highest BCUT2D eigenvalue weighted by Crippen LogP contribution is 2.20. The second-order valence-corrected chi connectivity index (χ2v) is 7.78. The predicted octanol–water partition coefficient (Wildman–Crippen LogP) is 3.98. The van der Waals surface area contributed by atoms with Crippen LogP contribution >= 0.6 is 12.4 Å². The van der Waals surface area contributed by atoms with Crippen molar-refractivity contribution in [2.45, 2.75) is 25.9 Å². The first-order valence-electron chi connectivity index (χ1n) is 10.6. The molecule has 0 saturated carbocycles. The molecule has 2 amide bonds. The molecule has 1 N–H and O–H groups in total. The molecule has 8 nitrogen and oxygen atoms in total. The van der Waals surface area contributed by atoms with Crippen LogP contribution in [0.4, 0.5) is 4.79 Å². The second kappa shape index (κ2) is 11.4. The Bertz CT molecular complexity index is 1050. The molecule has 3 aromatic rings. The first-order chi connectivity index (χ1) is 15.6. The number of halogens is 1. The summed E-state index contributed by atoms with van der Waals surface area (Å²) in [5.41, 5.74) is 2.86. The summed E-state index contributed by atoms with van der Waals surface area (Å²) < 4.78 is 7.09. The van der Waals surface area contributed by atoms with Gasteiger partial charge in [0.15, 0.2) is 6.61 Å². The van der Waals surface area contributed by atoms with Crippen molar-refractivity contribution < 1.29 is 19.4 Å². The zero-order chi connectivity index (χ0) is 22.3. The molecule has 0 spiro atoms. The molecule has 0 radical (unpaired) electrons. The van der Waals surface area contributed by atoms with Gasteiger partial charge in [0.2, 0.25) is 0 Å². The Balaban J connectivity index is 0.00000306. The maximum atomic E-state index is 13.2. The number of hydrogen-bond donors (Lipinski definition) is 1. The van der Waals surface area contributed by atoms with Crippen molar-refractivity contribution in [3.05, 3.63) is 78.1 Å². The van der Waals surface area contributed by atoms with Gasteiger partial charge in [-0.3, -0.25) is 0 Å². The molecule has 2 heterocycles. The zero-order valence-corrected chi connectivity index (χ0v) is 19.0. The molecule has 1 fully saturated rings. The standard InChI is InChI=1S/C24H26N4O4.ClH/c29-23(30)18-32-22-6-3-5-20(15-22)17-27(24(31)26-12-1-2-13-26)16-19-7-9-21(10-8-19)28-14-4-11-25-28;/h3-11,14-15H,1-2,12-13,16-18H2,(H,29,30);1H. The lowest BCUT2D eigenvalue weighted by Crippen LogP contribution is -2.41. The fourth-order valence-electron chi connectivity index (χ4n) is 3.79. The number of carbonyl (C=O) groups excluding carboxylic acids is 1. The van der Waals surface area contributed by atoms with Crippen LogP contribution in [-0.4, -0.2) is 56.4 Å². The molecule has 0 atom stereocenters. The molecule has 0 unspecified atom stereocenters. The quantitative estimate of drug-likeness (QED) is 0.538. The Morgan fingerprint density at radius 3 is 2.39 bits per heavy atom. The summed E-state index contributed by atoms with van der Waals surface area (Å²) in [7, 11) is 0. The average Bonchev–Trinajstić information content (AvgIpc) is 3.52. The molecule has 1 aromatic heterocycles. The van der Waals surface area contributed by atoms with Crippen LogP contribution in [0, 0.1) is 0 Å². The Kier molecular flexibility index (Phi) is 8.32. The van der Waals surface area contributed by atoms with Gasteiger partial charge >= 0.3 is 12.0 Å². The number of carbonyl (C=O) groups is 2. The highest BCUT2D eigenvalue weighted by molar-refractivity contribution is 5.85. The number of likely N-dealkylation sites (tertiary alicyclic amines) is 1. The molecule has 0 aliphatic carbocycles. The van der Waals surface area contributed by atoms with Crippen molar-refractivity contribution in [2.24, 2.45) is 0 Å². The summed E-state index contributed by atoms with van der Waals surface area (Å²) in [5, 5.41) is 13.1. The number of amides is 2. The number of aromatic nitrogens is 2. The predicted molar refractivity (Wildman–Crippen MR) is 126 cm³/mol. The van der Waals surface area contributed by atoms with Gasteiger partial charge in [0.1, 0.15) is 5.75 Å². The van der Waals surface area contributed by atoms with Gasteiger partial charge in [0.25, 0.3) is 0 Å². The van der Waals surface area contributed by atoms with Crippen LogP contribution in [0.2, 0.25) is 0 Å². The van der Waals surface area contributed by atoms with E-state index in [-0.39, 0.29) is 18.4 Å². The SMILES string of the molecule is Cl.O=C(O)COc1cccc(CN(Cc2ccc(-n3cccn3)cc2)C(=O)N2CCCC2)c1. The summed E-state index contributed by atoms with van der Waals surface area (Å²) >= 11 is 0. The lowest BCUT2D eigenvalue weighted by Gasteiger charge is -2.28. The van der Waals surface area contributed by atoms with E-state index in [1.165, 1.54) is 0 Å². The van der Waals surface area contributed by atoms with Crippen molar-refractivity contribution in [1.29, 1.82) is 0 Å². The van der Waals surface area contributed by atoms with Gasteiger partial charge in [0, 0.05) is 38.6 Å². The van der Waals surface area contributed by atoms with E-state index in [9.17, 15) is 9.59 Å². The van der Waals surface area contributed by atoms with Crippen LogP contribution in [0.25, 0.3) is 5.69 Å². The van der Waals surface area contributed by atoms with Gasteiger partial charge in [-0.25, -0.2) is 14.3 Å². The molecular formula is C24H27ClN4O4. The van der Waals surface area contributed by atoms with Crippen molar-refractivity contribution in [1.82, 2.24) is 19.6 Å². The van der Waals surface area contributed by atoms with Crippen molar-refractivity contribution in [3.8, 4) is 11.4 Å². The molecule has 9 heteroatoms. The highest BCUT2D eigenvalue weighted by atomic mass is 35.5. The van der Waals surface area contributed by atoms with E-state index in [0.29, 0.717) is 18.8 Å². The highest BCUT2D eigenvalue weighted by Gasteiger charge is 2.24. The number of hydrogen-bond acceptors (Lipinski definition) is 4. The third-order valence-electron chi connectivity index (χ3n) is 5.36. The fraction of sp³-hybridized carbons (Fsp3) is 0.292. The van der Waals surface area contributed by atoms with Crippen LogP contribution in [0.5, 0.6) is 5.75 Å². The van der Waals surface area contributed by atoms with Crippen molar-refractivity contribution >= 4 is 24.4 Å². The number of ether oxygens (including phenoxy) is 1. The molecule has 1 saturated heterocycles. The van der Waals surface area contributed by atoms with E-state index in [2.05, 4.69) is 5.10 Å². The monoisotopic (exact) mass is 470 g/mol. The number of rotatable bonds is 8. The topological polar surface area (TPSA) is 87.9 Å². The Morgan fingerprint density at radius 2 is 1.73 bits per heavy atom. The molecule has 0 bridgehead atoms. The third-order valence-corrected chi connectivity index (χ3v) is 5.36. The lowest BCUT2D eigenvalue weighted by molar-refractivity contribution is -0.139. The molecule has 174 valence electrons. The van der Waals surface area contributed by atoms with E-state index in [1.54, 1.807) is 23.0 Å². The normalized spacial score (nSPS) is 12.8. The Morgan fingerprint density at radius 1 is 1.00 bits per heavy atom. The molecule has 1 aliphatic heterocycles. The van der Waals surface area contributed by atoms with Crippen LogP contribution in [0.15, 0.2) is 67.0 Å². The summed E-state index contributed by atoms with van der Waals surface area (Å²) in [6.45, 7) is 2.02. The van der Waals surface area contributed by atoms with E-state index < -0.39 is 12.6 Å². The van der Waals surface area contributed by atoms with Gasteiger partial charge in [0.05, 0.1) is 5.69 Å². The van der Waals surface area contributed by atoms with Crippen molar-refractivity contribution in [3.63, 3.8) is 0 Å². The number of aliphatic carboxylic acids is 1. The minimum atomic E-state index is -1.03. The van der Waals surface area contributed by atoms with Crippen LogP contribution in [0.3, 0.4) is 0 Å². The maximum absolute atomic E-state index is 13.2. The van der Waals surface area contributed by atoms with Gasteiger partial charge in [-0.15, -0.1) is 12.4 Å². The summed E-state index contributed by atoms with van der Waals surface area (Å²) in [6, 6.07) is 17.1. The average molecular weight is 471 g/mol. The van der Waals surface area contributed by atoms with Gasteiger partial charge < -0.3 is 19.6 Å². The van der Waals surface area contributed by atoms with E-state index in [4.69, 9.17) is 9.84 Å². The largest absolute Gasteiger partial charge is 0.482 e. The van der Waals surface area contributed by atoms with Gasteiger partial charge in [-0.2, -0.15) is 5.10 Å². The van der Waals surface area contributed by atoms with E-state index >= 15 is 0 Å². The molecule has 4 rings (SSSR count).